The Morgan fingerprint density at radius 2 is 2.00 bits per heavy atom. The molecule has 8 heteroatoms. The monoisotopic (exact) mass is 399 g/mol. The van der Waals surface area contributed by atoms with E-state index in [1.54, 1.807) is 35.7 Å². The summed E-state index contributed by atoms with van der Waals surface area (Å²) in [5, 5.41) is 0. The number of benzene rings is 1. The summed E-state index contributed by atoms with van der Waals surface area (Å²) in [5.41, 5.74) is -0.281. The molecule has 152 valence electrons. The second-order valence-electron chi connectivity index (χ2n) is 7.09. The van der Waals surface area contributed by atoms with Gasteiger partial charge in [-0.2, -0.15) is 4.31 Å². The second-order valence-corrected chi connectivity index (χ2v) is 9.03. The van der Waals surface area contributed by atoms with Gasteiger partial charge in [-0.15, -0.1) is 0 Å². The van der Waals surface area contributed by atoms with Crippen LogP contribution in [0.5, 0.6) is 5.75 Å². The fourth-order valence-corrected chi connectivity index (χ4v) is 5.29. The first-order valence-corrected chi connectivity index (χ1v) is 10.8. The molecule has 0 aromatic heterocycles. The third-order valence-electron chi connectivity index (χ3n) is 5.40. The Balaban J connectivity index is 1.62. The van der Waals surface area contributed by atoms with Gasteiger partial charge in [0.25, 0.3) is 0 Å². The van der Waals surface area contributed by atoms with Crippen LogP contribution in [-0.2, 0) is 24.2 Å². The number of methoxy groups -OCH3 is 2. The van der Waals surface area contributed by atoms with Crippen molar-refractivity contribution in [3.63, 3.8) is 0 Å². The lowest BCUT2D eigenvalue weighted by Crippen LogP contribution is -2.52. The lowest BCUT2D eigenvalue weighted by Gasteiger charge is -2.45. The molecule has 0 radical (unpaired) electrons. The maximum atomic E-state index is 13.0. The molecule has 0 bridgehead atoms. The van der Waals surface area contributed by atoms with E-state index in [0.717, 1.165) is 12.8 Å². The van der Waals surface area contributed by atoms with Crippen molar-refractivity contribution < 1.29 is 27.4 Å². The van der Waals surface area contributed by atoms with Crippen LogP contribution in [0.2, 0.25) is 0 Å². The third-order valence-corrected chi connectivity index (χ3v) is 7.30. The number of sulfonamides is 1. The second kappa shape index (κ2) is 8.87. The van der Waals surface area contributed by atoms with Crippen LogP contribution < -0.4 is 4.74 Å². The highest BCUT2D eigenvalue weighted by Gasteiger charge is 2.43. The van der Waals surface area contributed by atoms with Crippen molar-refractivity contribution in [3.8, 4) is 5.75 Å². The highest BCUT2D eigenvalue weighted by molar-refractivity contribution is 7.89. The zero-order valence-electron chi connectivity index (χ0n) is 16.1. The molecule has 0 aliphatic carbocycles. The summed E-state index contributed by atoms with van der Waals surface area (Å²) < 4.78 is 49.6. The summed E-state index contributed by atoms with van der Waals surface area (Å²) in [6.07, 6.45) is 3.19. The molecule has 2 aliphatic rings. The van der Waals surface area contributed by atoms with Crippen LogP contribution in [0.1, 0.15) is 25.7 Å². The minimum Gasteiger partial charge on any atom is -0.497 e. The van der Waals surface area contributed by atoms with Crippen LogP contribution in [0.3, 0.4) is 0 Å². The Morgan fingerprint density at radius 1 is 1.22 bits per heavy atom. The summed E-state index contributed by atoms with van der Waals surface area (Å²) in [6.45, 7) is 2.71. The van der Waals surface area contributed by atoms with Gasteiger partial charge in [-0.25, -0.2) is 8.42 Å². The van der Waals surface area contributed by atoms with Crippen LogP contribution >= 0.6 is 0 Å². The minimum atomic E-state index is -3.53. The quantitative estimate of drug-likeness (QED) is 0.654. The van der Waals surface area contributed by atoms with Crippen molar-refractivity contribution in [2.75, 3.05) is 47.1 Å². The predicted octanol–water partition coefficient (Wildman–Crippen LogP) is 2.06. The van der Waals surface area contributed by atoms with Crippen LogP contribution in [0.25, 0.3) is 0 Å². The number of piperidine rings is 1. The average molecular weight is 400 g/mol. The summed E-state index contributed by atoms with van der Waals surface area (Å²) in [7, 11) is -0.341. The number of rotatable bonds is 7. The molecule has 1 unspecified atom stereocenters. The van der Waals surface area contributed by atoms with E-state index in [9.17, 15) is 8.42 Å². The molecule has 0 saturated carbocycles. The van der Waals surface area contributed by atoms with Gasteiger partial charge in [-0.1, -0.05) is 6.07 Å². The van der Waals surface area contributed by atoms with Gasteiger partial charge in [0.05, 0.1) is 36.9 Å². The van der Waals surface area contributed by atoms with Crippen molar-refractivity contribution in [1.82, 2.24) is 4.31 Å². The van der Waals surface area contributed by atoms with Crippen molar-refractivity contribution in [2.24, 2.45) is 0 Å². The van der Waals surface area contributed by atoms with Crippen LogP contribution in [-0.4, -0.2) is 71.6 Å². The molecular formula is C19H29NO6S. The average Bonchev–Trinajstić information content (AvgIpc) is 2.69. The zero-order chi connectivity index (χ0) is 19.3. The normalized spacial score (nSPS) is 23.4. The van der Waals surface area contributed by atoms with Gasteiger partial charge in [0.2, 0.25) is 10.0 Å². The van der Waals surface area contributed by atoms with Crippen molar-refractivity contribution in [3.05, 3.63) is 24.3 Å². The molecule has 1 atom stereocenters. The summed E-state index contributed by atoms with van der Waals surface area (Å²) in [4.78, 5) is 0.267. The van der Waals surface area contributed by atoms with Crippen LogP contribution in [0, 0.1) is 0 Å². The Morgan fingerprint density at radius 3 is 2.70 bits per heavy atom. The van der Waals surface area contributed by atoms with Gasteiger partial charge in [-0.05, 0) is 31.4 Å². The number of nitrogens with zero attached hydrogens (tertiary/aromatic N) is 1. The largest absolute Gasteiger partial charge is 0.497 e. The van der Waals surface area contributed by atoms with Gasteiger partial charge in [0.1, 0.15) is 5.75 Å². The first kappa shape index (κ1) is 20.5. The highest BCUT2D eigenvalue weighted by Crippen LogP contribution is 2.37. The highest BCUT2D eigenvalue weighted by atomic mass is 32.2. The van der Waals surface area contributed by atoms with E-state index in [2.05, 4.69) is 0 Å². The fraction of sp³-hybridized carbons (Fsp3) is 0.684. The standard InChI is InChI=1S/C19H29NO6S/c1-23-12-13-25-17-6-11-26-19(15-17)7-9-20(10-8-19)27(21,22)18-5-3-4-16(14-18)24-2/h3-5,14,17H,6-13,15H2,1-2H3. The Bertz CT molecular complexity index is 715. The van der Waals surface area contributed by atoms with E-state index >= 15 is 0 Å². The van der Waals surface area contributed by atoms with E-state index < -0.39 is 10.0 Å². The zero-order valence-corrected chi connectivity index (χ0v) is 16.9. The topological polar surface area (TPSA) is 74.3 Å². The number of hydrogen-bond acceptors (Lipinski definition) is 6. The van der Waals surface area contributed by atoms with Crippen LogP contribution in [0.15, 0.2) is 29.2 Å². The van der Waals surface area contributed by atoms with Gasteiger partial charge < -0.3 is 18.9 Å². The Labute approximate surface area is 161 Å². The lowest BCUT2D eigenvalue weighted by atomic mass is 9.84. The summed E-state index contributed by atoms with van der Waals surface area (Å²) in [6, 6.07) is 6.61. The molecule has 27 heavy (non-hydrogen) atoms. The van der Waals surface area contributed by atoms with E-state index in [1.165, 1.54) is 7.11 Å². The summed E-state index contributed by atoms with van der Waals surface area (Å²) in [5.74, 6) is 0.538. The molecule has 2 fully saturated rings. The maximum Gasteiger partial charge on any atom is 0.243 e. The Kier molecular flexibility index (Phi) is 6.75. The van der Waals surface area contributed by atoms with Crippen molar-refractivity contribution >= 4 is 10.0 Å². The fourth-order valence-electron chi connectivity index (χ4n) is 3.82. The molecule has 2 heterocycles. The van der Waals surface area contributed by atoms with Crippen molar-refractivity contribution in [1.29, 1.82) is 0 Å². The molecule has 7 nitrogen and oxygen atoms in total. The first-order valence-electron chi connectivity index (χ1n) is 9.38. The number of ether oxygens (including phenoxy) is 4. The molecular weight excluding hydrogens is 370 g/mol. The Hall–Kier alpha value is -1.19. The van der Waals surface area contributed by atoms with Gasteiger partial charge in [-0.3, -0.25) is 0 Å². The number of hydrogen-bond donors (Lipinski definition) is 0. The molecule has 0 N–H and O–H groups in total. The minimum absolute atomic E-state index is 0.149. The van der Waals surface area contributed by atoms with Gasteiger partial charge >= 0.3 is 0 Å². The van der Waals surface area contributed by atoms with Crippen molar-refractivity contribution in [2.45, 2.75) is 42.3 Å². The smallest absolute Gasteiger partial charge is 0.243 e. The predicted molar refractivity (Wildman–Crippen MR) is 101 cm³/mol. The first-order chi connectivity index (χ1) is 13.0. The van der Waals surface area contributed by atoms with Crippen LogP contribution in [0.4, 0.5) is 0 Å². The van der Waals surface area contributed by atoms with E-state index in [4.69, 9.17) is 18.9 Å². The molecule has 2 aliphatic heterocycles. The maximum absolute atomic E-state index is 13.0. The third kappa shape index (κ3) is 4.81. The molecule has 0 amide bonds. The van der Waals surface area contributed by atoms with Gasteiger partial charge in [0.15, 0.2) is 0 Å². The molecule has 3 rings (SSSR count). The molecule has 1 spiro atoms. The van der Waals surface area contributed by atoms with Gasteiger partial charge in [0, 0.05) is 39.3 Å². The van der Waals surface area contributed by atoms with E-state index in [1.807, 2.05) is 0 Å². The SMILES string of the molecule is COCCOC1CCOC2(CCN(S(=O)(=O)c3cccc(OC)c3)CC2)C1. The summed E-state index contributed by atoms with van der Waals surface area (Å²) >= 11 is 0. The lowest BCUT2D eigenvalue weighted by molar-refractivity contribution is -0.152. The molecule has 1 aromatic rings. The molecule has 1 aromatic carbocycles. The van der Waals surface area contributed by atoms with E-state index in [-0.39, 0.29) is 16.6 Å². The van der Waals surface area contributed by atoms with E-state index in [0.29, 0.717) is 51.5 Å². The molecule has 2 saturated heterocycles.